The van der Waals surface area contributed by atoms with Gasteiger partial charge in [0, 0.05) is 12.1 Å². The first-order valence-electron chi connectivity index (χ1n) is 6.83. The van der Waals surface area contributed by atoms with Gasteiger partial charge in [-0.2, -0.15) is 13.2 Å². The van der Waals surface area contributed by atoms with E-state index in [9.17, 15) is 22.8 Å². The molecule has 0 aliphatic carbocycles. The standard InChI is InChI=1S/C14H17F3N2O4/c1-3-9(2)19(7-12(20)21)13(22)10-5-4-6-11(18-10)23-8-14(15,16)17/h4-6,9H,3,7-8H2,1-2H3,(H,20,21). The number of aliphatic carboxylic acids is 1. The molecule has 0 saturated carbocycles. The second kappa shape index (κ2) is 7.80. The highest BCUT2D eigenvalue weighted by molar-refractivity contribution is 5.94. The van der Waals surface area contributed by atoms with E-state index in [1.807, 2.05) is 0 Å². The molecule has 1 rings (SSSR count). The first kappa shape index (κ1) is 18.7. The second-order valence-corrected chi connectivity index (χ2v) is 4.85. The quantitative estimate of drug-likeness (QED) is 0.828. The van der Waals surface area contributed by atoms with Crippen molar-refractivity contribution < 1.29 is 32.6 Å². The molecular weight excluding hydrogens is 317 g/mol. The van der Waals surface area contributed by atoms with Gasteiger partial charge in [0.1, 0.15) is 12.2 Å². The Hall–Kier alpha value is -2.32. The number of carbonyl (C=O) groups excluding carboxylic acids is 1. The smallest absolute Gasteiger partial charge is 0.422 e. The van der Waals surface area contributed by atoms with Gasteiger partial charge in [0.15, 0.2) is 6.61 Å². The minimum Gasteiger partial charge on any atom is -0.480 e. The van der Waals surface area contributed by atoms with Gasteiger partial charge >= 0.3 is 12.1 Å². The van der Waals surface area contributed by atoms with Gasteiger partial charge in [-0.1, -0.05) is 13.0 Å². The van der Waals surface area contributed by atoms with Crippen molar-refractivity contribution in [3.05, 3.63) is 23.9 Å². The molecule has 6 nitrogen and oxygen atoms in total. The summed E-state index contributed by atoms with van der Waals surface area (Å²) in [4.78, 5) is 28.0. The van der Waals surface area contributed by atoms with E-state index in [4.69, 9.17) is 5.11 Å². The number of alkyl halides is 3. The van der Waals surface area contributed by atoms with Crippen LogP contribution in [0.5, 0.6) is 5.88 Å². The Balaban J connectivity index is 2.94. The average Bonchev–Trinajstić information content (AvgIpc) is 2.48. The molecule has 1 amide bonds. The van der Waals surface area contributed by atoms with Crippen LogP contribution in [0.15, 0.2) is 18.2 Å². The number of pyridine rings is 1. The number of carbonyl (C=O) groups is 2. The number of rotatable bonds is 7. The van der Waals surface area contributed by atoms with E-state index in [1.54, 1.807) is 13.8 Å². The number of aromatic nitrogens is 1. The average molecular weight is 334 g/mol. The molecule has 0 bridgehead atoms. The Bertz CT molecular complexity index is 563. The molecule has 1 atom stereocenters. The van der Waals surface area contributed by atoms with Crippen molar-refractivity contribution in [1.29, 1.82) is 0 Å². The highest BCUT2D eigenvalue weighted by Gasteiger charge is 2.29. The van der Waals surface area contributed by atoms with E-state index in [-0.39, 0.29) is 17.6 Å². The summed E-state index contributed by atoms with van der Waals surface area (Å²) < 4.78 is 40.9. The van der Waals surface area contributed by atoms with Gasteiger partial charge in [0.2, 0.25) is 5.88 Å². The van der Waals surface area contributed by atoms with Crippen LogP contribution >= 0.6 is 0 Å². The molecule has 1 unspecified atom stereocenters. The van der Waals surface area contributed by atoms with Crippen molar-refractivity contribution >= 4 is 11.9 Å². The monoisotopic (exact) mass is 334 g/mol. The molecule has 1 N–H and O–H groups in total. The summed E-state index contributed by atoms with van der Waals surface area (Å²) in [6, 6.07) is 3.44. The first-order chi connectivity index (χ1) is 10.6. The Morgan fingerprint density at radius 1 is 1.39 bits per heavy atom. The summed E-state index contributed by atoms with van der Waals surface area (Å²) in [5.41, 5.74) is -0.175. The normalized spacial score (nSPS) is 12.6. The van der Waals surface area contributed by atoms with Crippen molar-refractivity contribution in [3.63, 3.8) is 0 Å². The van der Waals surface area contributed by atoms with Gasteiger partial charge in [-0.05, 0) is 19.4 Å². The third-order valence-corrected chi connectivity index (χ3v) is 3.02. The molecule has 0 radical (unpaired) electrons. The summed E-state index contributed by atoms with van der Waals surface area (Å²) in [6.07, 6.45) is -4.00. The summed E-state index contributed by atoms with van der Waals surface area (Å²) in [5, 5.41) is 8.89. The van der Waals surface area contributed by atoms with Gasteiger partial charge in [-0.3, -0.25) is 9.59 Å². The zero-order valence-electron chi connectivity index (χ0n) is 12.6. The fourth-order valence-electron chi connectivity index (χ4n) is 1.71. The van der Waals surface area contributed by atoms with Gasteiger partial charge in [0.05, 0.1) is 0 Å². The number of hydrogen-bond donors (Lipinski definition) is 1. The van der Waals surface area contributed by atoms with Crippen LogP contribution in [0, 0.1) is 0 Å². The van der Waals surface area contributed by atoms with Crippen LogP contribution in [0.3, 0.4) is 0 Å². The summed E-state index contributed by atoms with van der Waals surface area (Å²) in [5.74, 6) is -2.23. The summed E-state index contributed by atoms with van der Waals surface area (Å²) >= 11 is 0. The highest BCUT2D eigenvalue weighted by atomic mass is 19.4. The van der Waals surface area contributed by atoms with Gasteiger partial charge < -0.3 is 14.7 Å². The molecule has 0 saturated heterocycles. The van der Waals surface area contributed by atoms with E-state index in [2.05, 4.69) is 9.72 Å². The minimum atomic E-state index is -4.52. The summed E-state index contributed by atoms with van der Waals surface area (Å²) in [6.45, 7) is 1.40. The van der Waals surface area contributed by atoms with Gasteiger partial charge in [-0.15, -0.1) is 0 Å². The molecule has 0 spiro atoms. The van der Waals surface area contributed by atoms with Gasteiger partial charge in [-0.25, -0.2) is 4.98 Å². The predicted octanol–water partition coefficient (Wildman–Crippen LogP) is 2.35. The number of halogens is 3. The number of ether oxygens (including phenoxy) is 1. The zero-order valence-corrected chi connectivity index (χ0v) is 12.6. The molecule has 0 aliphatic rings. The number of carboxylic acids is 1. The molecule has 9 heteroatoms. The maximum atomic E-state index is 12.4. The number of nitrogens with zero attached hydrogens (tertiary/aromatic N) is 2. The molecule has 0 aromatic carbocycles. The maximum Gasteiger partial charge on any atom is 0.422 e. The lowest BCUT2D eigenvalue weighted by Crippen LogP contribution is -2.42. The number of carboxylic acid groups (broad SMARTS) is 1. The van der Waals surface area contributed by atoms with Crippen LogP contribution in [0.1, 0.15) is 30.8 Å². The predicted molar refractivity (Wildman–Crippen MR) is 74.2 cm³/mol. The molecule has 1 aromatic rings. The van der Waals surface area contributed by atoms with Crippen molar-refractivity contribution in [2.75, 3.05) is 13.2 Å². The molecule has 1 aromatic heterocycles. The Morgan fingerprint density at radius 2 is 2.04 bits per heavy atom. The van der Waals surface area contributed by atoms with Crippen molar-refractivity contribution in [3.8, 4) is 5.88 Å². The number of hydrogen-bond acceptors (Lipinski definition) is 4. The Labute approximate surface area is 130 Å². The number of amides is 1. The van der Waals surface area contributed by atoms with Crippen molar-refractivity contribution in [2.24, 2.45) is 0 Å². The largest absolute Gasteiger partial charge is 0.480 e. The zero-order chi connectivity index (χ0) is 17.6. The maximum absolute atomic E-state index is 12.4. The highest BCUT2D eigenvalue weighted by Crippen LogP contribution is 2.18. The second-order valence-electron chi connectivity index (χ2n) is 4.85. The topological polar surface area (TPSA) is 79.7 Å². The van der Waals surface area contributed by atoms with E-state index < -0.39 is 31.2 Å². The fourth-order valence-corrected chi connectivity index (χ4v) is 1.71. The fraction of sp³-hybridized carbons (Fsp3) is 0.500. The lowest BCUT2D eigenvalue weighted by atomic mass is 10.2. The van der Waals surface area contributed by atoms with Crippen LogP contribution in [0.4, 0.5) is 13.2 Å². The van der Waals surface area contributed by atoms with E-state index in [0.29, 0.717) is 6.42 Å². The third-order valence-electron chi connectivity index (χ3n) is 3.02. The Morgan fingerprint density at radius 3 is 2.57 bits per heavy atom. The molecule has 1 heterocycles. The molecule has 128 valence electrons. The lowest BCUT2D eigenvalue weighted by Gasteiger charge is -2.26. The van der Waals surface area contributed by atoms with E-state index >= 15 is 0 Å². The summed E-state index contributed by atoms with van der Waals surface area (Å²) in [7, 11) is 0. The third kappa shape index (κ3) is 6.13. The minimum absolute atomic E-state index is 0.175. The lowest BCUT2D eigenvalue weighted by molar-refractivity contribution is -0.154. The van der Waals surface area contributed by atoms with Crippen molar-refractivity contribution in [1.82, 2.24) is 9.88 Å². The van der Waals surface area contributed by atoms with Crippen LogP contribution in [-0.2, 0) is 4.79 Å². The Kier molecular flexibility index (Phi) is 6.35. The van der Waals surface area contributed by atoms with E-state index in [1.165, 1.54) is 18.2 Å². The molecule has 23 heavy (non-hydrogen) atoms. The molecular formula is C14H17F3N2O4. The van der Waals surface area contributed by atoms with Crippen molar-refractivity contribution in [2.45, 2.75) is 32.5 Å². The SMILES string of the molecule is CCC(C)N(CC(=O)O)C(=O)c1cccc(OCC(F)(F)F)n1. The molecule has 0 fully saturated rings. The first-order valence-corrected chi connectivity index (χ1v) is 6.83. The van der Waals surface area contributed by atoms with Crippen LogP contribution in [0.25, 0.3) is 0 Å². The molecule has 0 aliphatic heterocycles. The van der Waals surface area contributed by atoms with Crippen LogP contribution in [0.2, 0.25) is 0 Å². The van der Waals surface area contributed by atoms with Crippen LogP contribution in [-0.4, -0.2) is 52.2 Å². The van der Waals surface area contributed by atoms with Crippen LogP contribution < -0.4 is 4.74 Å². The van der Waals surface area contributed by atoms with E-state index in [0.717, 1.165) is 4.90 Å². The van der Waals surface area contributed by atoms with Gasteiger partial charge in [0.25, 0.3) is 5.91 Å².